The van der Waals surface area contributed by atoms with Crippen LogP contribution < -0.4 is 10.2 Å². The molecule has 0 bridgehead atoms. The molecule has 110 valence electrons. The van der Waals surface area contributed by atoms with Crippen molar-refractivity contribution in [3.63, 3.8) is 0 Å². The van der Waals surface area contributed by atoms with Crippen LogP contribution >= 0.6 is 0 Å². The minimum absolute atomic E-state index is 0.0398. The zero-order valence-electron chi connectivity index (χ0n) is 12.2. The minimum atomic E-state index is -0.422. The molecule has 0 radical (unpaired) electrons. The molecule has 1 atom stereocenters. The lowest BCUT2D eigenvalue weighted by molar-refractivity contribution is -0.384. The zero-order valence-corrected chi connectivity index (χ0v) is 12.2. The highest BCUT2D eigenvalue weighted by molar-refractivity contribution is 5.59. The van der Waals surface area contributed by atoms with E-state index in [4.69, 9.17) is 0 Å². The normalized spacial score (nSPS) is 15.8. The van der Waals surface area contributed by atoms with E-state index in [0.717, 1.165) is 13.0 Å². The number of rotatable bonds is 7. The fourth-order valence-electron chi connectivity index (χ4n) is 2.16. The Morgan fingerprint density at radius 2 is 2.30 bits per heavy atom. The van der Waals surface area contributed by atoms with E-state index in [1.54, 1.807) is 0 Å². The Morgan fingerprint density at radius 3 is 2.85 bits per heavy atom. The van der Waals surface area contributed by atoms with Gasteiger partial charge < -0.3 is 10.2 Å². The lowest BCUT2D eigenvalue weighted by Gasteiger charge is -2.25. The maximum absolute atomic E-state index is 11.1. The highest BCUT2D eigenvalue weighted by Gasteiger charge is 2.33. The summed E-state index contributed by atoms with van der Waals surface area (Å²) in [5.41, 5.74) is -0.0398. The third kappa shape index (κ3) is 3.15. The monoisotopic (exact) mass is 279 g/mol. The molecule has 1 aliphatic carbocycles. The van der Waals surface area contributed by atoms with Gasteiger partial charge in [0.2, 0.25) is 11.8 Å². The summed E-state index contributed by atoms with van der Waals surface area (Å²) in [4.78, 5) is 20.9. The molecule has 1 unspecified atom stereocenters. The molecule has 0 aromatic carbocycles. The van der Waals surface area contributed by atoms with Crippen LogP contribution in [0.5, 0.6) is 0 Å². The topological polar surface area (TPSA) is 84.2 Å². The van der Waals surface area contributed by atoms with Crippen LogP contribution in [0.1, 0.15) is 33.1 Å². The lowest BCUT2D eigenvalue weighted by atomic mass is 10.2. The minimum Gasteiger partial charge on any atom is -0.354 e. The molecule has 1 aliphatic rings. The fraction of sp³-hybridized carbons (Fsp3) is 0.692. The van der Waals surface area contributed by atoms with Crippen molar-refractivity contribution in [2.75, 3.05) is 23.8 Å². The number of aromatic nitrogens is 2. The standard InChI is InChI=1S/C13H21N5O2/c1-4-7-14-13-15-8-11(18(19)20)12(16-13)17(3)9(2)10-5-6-10/h8-10H,4-7H2,1-3H3,(H,14,15,16). The summed E-state index contributed by atoms with van der Waals surface area (Å²) < 4.78 is 0. The van der Waals surface area contributed by atoms with Gasteiger partial charge in [0.1, 0.15) is 6.20 Å². The van der Waals surface area contributed by atoms with Gasteiger partial charge in [-0.15, -0.1) is 0 Å². The maximum Gasteiger partial charge on any atom is 0.329 e. The third-order valence-electron chi connectivity index (χ3n) is 3.73. The van der Waals surface area contributed by atoms with Crippen LogP contribution in [0.3, 0.4) is 0 Å². The number of nitrogens with one attached hydrogen (secondary N) is 1. The van der Waals surface area contributed by atoms with Crippen LogP contribution in [0, 0.1) is 16.0 Å². The molecule has 1 fully saturated rings. The molecule has 0 spiro atoms. The molecule has 7 heteroatoms. The Balaban J connectivity index is 2.27. The summed E-state index contributed by atoms with van der Waals surface area (Å²) in [6.07, 6.45) is 4.61. The second-order valence-electron chi connectivity index (χ2n) is 5.28. The largest absolute Gasteiger partial charge is 0.354 e. The third-order valence-corrected chi connectivity index (χ3v) is 3.73. The molecule has 1 aromatic rings. The van der Waals surface area contributed by atoms with Crippen molar-refractivity contribution in [3.8, 4) is 0 Å². The van der Waals surface area contributed by atoms with Gasteiger partial charge in [0, 0.05) is 19.6 Å². The molecule has 0 aliphatic heterocycles. The summed E-state index contributed by atoms with van der Waals surface area (Å²) >= 11 is 0. The summed E-state index contributed by atoms with van der Waals surface area (Å²) in [7, 11) is 1.86. The fourth-order valence-corrected chi connectivity index (χ4v) is 2.16. The second kappa shape index (κ2) is 6.02. The molecule has 1 aromatic heterocycles. The van der Waals surface area contributed by atoms with E-state index in [-0.39, 0.29) is 11.7 Å². The van der Waals surface area contributed by atoms with Crippen molar-refractivity contribution in [1.29, 1.82) is 0 Å². The number of anilines is 2. The first-order chi connectivity index (χ1) is 9.54. The Bertz CT molecular complexity index is 490. The Kier molecular flexibility index (Phi) is 4.36. The van der Waals surface area contributed by atoms with E-state index in [2.05, 4.69) is 22.2 Å². The predicted molar refractivity (Wildman–Crippen MR) is 78.1 cm³/mol. The summed E-state index contributed by atoms with van der Waals surface area (Å²) in [6, 6.07) is 0.252. The van der Waals surface area contributed by atoms with Crippen LogP contribution in [-0.2, 0) is 0 Å². The van der Waals surface area contributed by atoms with Gasteiger partial charge in [0.25, 0.3) is 0 Å². The number of nitro groups is 1. The number of nitrogens with zero attached hydrogens (tertiary/aromatic N) is 4. The van der Waals surface area contributed by atoms with Crippen molar-refractivity contribution >= 4 is 17.5 Å². The molecule has 1 saturated carbocycles. The first-order valence-corrected chi connectivity index (χ1v) is 7.02. The Morgan fingerprint density at radius 1 is 1.60 bits per heavy atom. The second-order valence-corrected chi connectivity index (χ2v) is 5.28. The van der Waals surface area contributed by atoms with Gasteiger partial charge in [-0.25, -0.2) is 4.98 Å². The van der Waals surface area contributed by atoms with Crippen molar-refractivity contribution < 1.29 is 4.92 Å². The first-order valence-electron chi connectivity index (χ1n) is 7.02. The van der Waals surface area contributed by atoms with Gasteiger partial charge in [-0.05, 0) is 32.1 Å². The Hall–Kier alpha value is -1.92. The smallest absolute Gasteiger partial charge is 0.329 e. The van der Waals surface area contributed by atoms with E-state index in [9.17, 15) is 10.1 Å². The number of hydrogen-bond acceptors (Lipinski definition) is 6. The van der Waals surface area contributed by atoms with Crippen LogP contribution in [0.25, 0.3) is 0 Å². The van der Waals surface area contributed by atoms with Crippen LogP contribution in [0.15, 0.2) is 6.20 Å². The number of hydrogen-bond donors (Lipinski definition) is 1. The summed E-state index contributed by atoms with van der Waals surface area (Å²) in [6.45, 7) is 4.88. The van der Waals surface area contributed by atoms with Crippen molar-refractivity contribution in [2.45, 2.75) is 39.2 Å². The van der Waals surface area contributed by atoms with Crippen LogP contribution in [-0.4, -0.2) is 34.5 Å². The highest BCUT2D eigenvalue weighted by atomic mass is 16.6. The van der Waals surface area contributed by atoms with Gasteiger partial charge in [0.15, 0.2) is 0 Å². The van der Waals surface area contributed by atoms with Crippen molar-refractivity contribution in [1.82, 2.24) is 9.97 Å². The SMILES string of the molecule is CCCNc1ncc([N+](=O)[O-])c(N(C)C(C)C2CC2)n1. The van der Waals surface area contributed by atoms with E-state index in [1.165, 1.54) is 19.0 Å². The first kappa shape index (κ1) is 14.5. The highest BCUT2D eigenvalue weighted by Crippen LogP contribution is 2.37. The molecular formula is C13H21N5O2. The molecule has 1 N–H and O–H groups in total. The van der Waals surface area contributed by atoms with E-state index in [1.807, 2.05) is 18.9 Å². The zero-order chi connectivity index (χ0) is 14.7. The van der Waals surface area contributed by atoms with Gasteiger partial charge >= 0.3 is 5.69 Å². The van der Waals surface area contributed by atoms with Gasteiger partial charge in [-0.3, -0.25) is 10.1 Å². The van der Waals surface area contributed by atoms with Crippen LogP contribution in [0.2, 0.25) is 0 Å². The quantitative estimate of drug-likeness (QED) is 0.609. The molecule has 2 rings (SSSR count). The molecule has 20 heavy (non-hydrogen) atoms. The van der Waals surface area contributed by atoms with Gasteiger partial charge in [-0.1, -0.05) is 6.92 Å². The van der Waals surface area contributed by atoms with Crippen molar-refractivity contribution in [2.24, 2.45) is 5.92 Å². The molecule has 7 nitrogen and oxygen atoms in total. The van der Waals surface area contributed by atoms with Crippen LogP contribution in [0.4, 0.5) is 17.5 Å². The molecular weight excluding hydrogens is 258 g/mol. The van der Waals surface area contributed by atoms with Crippen molar-refractivity contribution in [3.05, 3.63) is 16.3 Å². The van der Waals surface area contributed by atoms with E-state index >= 15 is 0 Å². The van der Waals surface area contributed by atoms with E-state index < -0.39 is 4.92 Å². The van der Waals surface area contributed by atoms with Gasteiger partial charge in [0.05, 0.1) is 4.92 Å². The maximum atomic E-state index is 11.1. The summed E-state index contributed by atoms with van der Waals surface area (Å²) in [5.74, 6) is 1.45. The van der Waals surface area contributed by atoms with E-state index in [0.29, 0.717) is 17.7 Å². The summed E-state index contributed by atoms with van der Waals surface area (Å²) in [5, 5.41) is 14.2. The molecule has 0 saturated heterocycles. The van der Waals surface area contributed by atoms with Gasteiger partial charge in [-0.2, -0.15) is 4.98 Å². The lowest BCUT2D eigenvalue weighted by Crippen LogP contribution is -2.32. The molecule has 0 amide bonds. The molecule has 1 heterocycles. The average Bonchev–Trinajstić information content (AvgIpc) is 3.27. The Labute approximate surface area is 118 Å². The predicted octanol–water partition coefficient (Wildman–Crippen LogP) is 2.44. The average molecular weight is 279 g/mol.